The van der Waals surface area contributed by atoms with Gasteiger partial charge in [-0.3, -0.25) is 4.79 Å². The van der Waals surface area contributed by atoms with Crippen LogP contribution in [0, 0.1) is 17.3 Å². The Morgan fingerprint density at radius 1 is 1.21 bits per heavy atom. The first-order valence-corrected chi connectivity index (χ1v) is 7.76. The lowest BCUT2D eigenvalue weighted by Gasteiger charge is -2.36. The molecule has 1 saturated carbocycles. The number of nitrogens with one attached hydrogen (secondary N) is 1. The van der Waals surface area contributed by atoms with Gasteiger partial charge in [-0.25, -0.2) is 0 Å². The first-order chi connectivity index (χ1) is 8.70. The van der Waals surface area contributed by atoms with Crippen LogP contribution in [0.2, 0.25) is 0 Å². The first kappa shape index (κ1) is 16.5. The Morgan fingerprint density at radius 2 is 1.74 bits per heavy atom. The van der Waals surface area contributed by atoms with Gasteiger partial charge in [-0.05, 0) is 57.3 Å². The second-order valence-electron chi connectivity index (χ2n) is 7.54. The standard InChI is InChI=1S/C16H32N2O/c1-11(17)10-12(2)18-15(19)13-6-8-14(9-7-13)16(3,4)5/h11-14H,6-10,17H2,1-5H3,(H,18,19). The Labute approximate surface area is 118 Å². The van der Waals surface area contributed by atoms with Crippen LogP contribution in [-0.2, 0) is 4.79 Å². The number of nitrogens with two attached hydrogens (primary N) is 1. The summed E-state index contributed by atoms with van der Waals surface area (Å²) in [5.74, 6) is 1.22. The zero-order valence-electron chi connectivity index (χ0n) is 13.3. The molecule has 1 fully saturated rings. The summed E-state index contributed by atoms with van der Waals surface area (Å²) in [6.07, 6.45) is 5.30. The predicted molar refractivity (Wildman–Crippen MR) is 80.8 cm³/mol. The molecule has 3 nitrogen and oxygen atoms in total. The van der Waals surface area contributed by atoms with Crippen molar-refractivity contribution in [2.24, 2.45) is 23.0 Å². The maximum absolute atomic E-state index is 12.2. The van der Waals surface area contributed by atoms with Crippen molar-refractivity contribution in [3.05, 3.63) is 0 Å². The minimum atomic E-state index is 0.145. The van der Waals surface area contributed by atoms with Crippen molar-refractivity contribution in [3.63, 3.8) is 0 Å². The van der Waals surface area contributed by atoms with E-state index in [9.17, 15) is 4.79 Å². The van der Waals surface area contributed by atoms with Crippen molar-refractivity contribution >= 4 is 5.91 Å². The fourth-order valence-corrected chi connectivity index (χ4v) is 3.20. The Balaban J connectivity index is 2.37. The highest BCUT2D eigenvalue weighted by Crippen LogP contribution is 2.39. The molecule has 19 heavy (non-hydrogen) atoms. The molecular weight excluding hydrogens is 236 g/mol. The van der Waals surface area contributed by atoms with E-state index in [1.54, 1.807) is 0 Å². The van der Waals surface area contributed by atoms with E-state index in [-0.39, 0.29) is 23.9 Å². The Bertz CT molecular complexity index is 286. The predicted octanol–water partition coefficient (Wildman–Crippen LogP) is 3.08. The van der Waals surface area contributed by atoms with Crippen LogP contribution in [-0.4, -0.2) is 18.0 Å². The monoisotopic (exact) mass is 268 g/mol. The third-order valence-corrected chi connectivity index (χ3v) is 4.44. The molecule has 1 aliphatic rings. The molecule has 1 amide bonds. The summed E-state index contributed by atoms with van der Waals surface area (Å²) >= 11 is 0. The average Bonchev–Trinajstić information content (AvgIpc) is 2.26. The largest absolute Gasteiger partial charge is 0.353 e. The van der Waals surface area contributed by atoms with Gasteiger partial charge in [0.15, 0.2) is 0 Å². The Hall–Kier alpha value is -0.570. The number of hydrogen-bond acceptors (Lipinski definition) is 2. The van der Waals surface area contributed by atoms with Crippen molar-refractivity contribution in [2.45, 2.75) is 78.8 Å². The van der Waals surface area contributed by atoms with Gasteiger partial charge in [0.1, 0.15) is 0 Å². The molecular formula is C16H32N2O. The summed E-state index contributed by atoms with van der Waals surface area (Å²) in [5.41, 5.74) is 6.14. The molecule has 0 aromatic rings. The molecule has 0 radical (unpaired) electrons. The summed E-state index contributed by atoms with van der Waals surface area (Å²) in [6.45, 7) is 11.0. The van der Waals surface area contributed by atoms with E-state index in [0.29, 0.717) is 5.41 Å². The molecule has 112 valence electrons. The van der Waals surface area contributed by atoms with Crippen LogP contribution in [0.5, 0.6) is 0 Å². The van der Waals surface area contributed by atoms with Crippen molar-refractivity contribution in [1.29, 1.82) is 0 Å². The van der Waals surface area contributed by atoms with E-state index in [4.69, 9.17) is 5.73 Å². The van der Waals surface area contributed by atoms with Crippen LogP contribution in [0.3, 0.4) is 0 Å². The zero-order valence-corrected chi connectivity index (χ0v) is 13.3. The molecule has 0 saturated heterocycles. The van der Waals surface area contributed by atoms with Gasteiger partial charge in [0.2, 0.25) is 5.91 Å². The molecule has 3 heteroatoms. The van der Waals surface area contributed by atoms with Gasteiger partial charge < -0.3 is 11.1 Å². The molecule has 1 rings (SSSR count). The van der Waals surface area contributed by atoms with Gasteiger partial charge in [0.25, 0.3) is 0 Å². The van der Waals surface area contributed by atoms with Crippen molar-refractivity contribution < 1.29 is 4.79 Å². The normalized spacial score (nSPS) is 27.7. The van der Waals surface area contributed by atoms with Gasteiger partial charge in [-0.15, -0.1) is 0 Å². The maximum Gasteiger partial charge on any atom is 0.223 e. The molecule has 0 aliphatic heterocycles. The lowest BCUT2D eigenvalue weighted by molar-refractivity contribution is -0.127. The molecule has 0 heterocycles. The Morgan fingerprint density at radius 3 is 2.16 bits per heavy atom. The highest BCUT2D eigenvalue weighted by Gasteiger charge is 2.32. The molecule has 0 spiro atoms. The second kappa shape index (κ2) is 6.74. The molecule has 0 bridgehead atoms. The fourth-order valence-electron chi connectivity index (χ4n) is 3.20. The lowest BCUT2D eigenvalue weighted by atomic mass is 9.69. The van der Waals surface area contributed by atoms with Gasteiger partial charge in [-0.1, -0.05) is 20.8 Å². The van der Waals surface area contributed by atoms with Gasteiger partial charge in [0.05, 0.1) is 0 Å². The minimum Gasteiger partial charge on any atom is -0.353 e. The lowest BCUT2D eigenvalue weighted by Crippen LogP contribution is -2.41. The summed E-state index contributed by atoms with van der Waals surface area (Å²) < 4.78 is 0. The number of rotatable bonds is 4. The quantitative estimate of drug-likeness (QED) is 0.823. The summed E-state index contributed by atoms with van der Waals surface area (Å²) in [6, 6.07) is 0.333. The number of hydrogen-bond donors (Lipinski definition) is 2. The van der Waals surface area contributed by atoms with Crippen molar-refractivity contribution in [3.8, 4) is 0 Å². The first-order valence-electron chi connectivity index (χ1n) is 7.76. The number of amides is 1. The van der Waals surface area contributed by atoms with E-state index >= 15 is 0 Å². The SMILES string of the molecule is CC(N)CC(C)NC(=O)C1CCC(C(C)(C)C)CC1. The van der Waals surface area contributed by atoms with E-state index in [1.165, 1.54) is 12.8 Å². The van der Waals surface area contributed by atoms with Gasteiger partial charge in [0, 0.05) is 18.0 Å². The fraction of sp³-hybridized carbons (Fsp3) is 0.938. The van der Waals surface area contributed by atoms with Crippen LogP contribution < -0.4 is 11.1 Å². The highest BCUT2D eigenvalue weighted by atomic mass is 16.1. The second-order valence-corrected chi connectivity index (χ2v) is 7.54. The third kappa shape index (κ3) is 5.52. The number of carbonyl (C=O) groups excluding carboxylic acids is 1. The molecule has 1 aliphatic carbocycles. The summed E-state index contributed by atoms with van der Waals surface area (Å²) in [5, 5.41) is 3.12. The van der Waals surface area contributed by atoms with Crippen molar-refractivity contribution in [2.75, 3.05) is 0 Å². The molecule has 3 N–H and O–H groups in total. The van der Waals surface area contributed by atoms with Crippen LogP contribution in [0.25, 0.3) is 0 Å². The van der Waals surface area contributed by atoms with Crippen LogP contribution in [0.15, 0.2) is 0 Å². The molecule has 0 aromatic carbocycles. The number of carbonyl (C=O) groups is 1. The van der Waals surface area contributed by atoms with E-state index in [1.807, 2.05) is 13.8 Å². The van der Waals surface area contributed by atoms with Crippen LogP contribution >= 0.6 is 0 Å². The maximum atomic E-state index is 12.2. The third-order valence-electron chi connectivity index (χ3n) is 4.44. The minimum absolute atomic E-state index is 0.145. The van der Waals surface area contributed by atoms with E-state index in [2.05, 4.69) is 26.1 Å². The zero-order chi connectivity index (χ0) is 14.6. The topological polar surface area (TPSA) is 55.1 Å². The summed E-state index contributed by atoms with van der Waals surface area (Å²) in [7, 11) is 0. The molecule has 2 atom stereocenters. The smallest absolute Gasteiger partial charge is 0.223 e. The molecule has 2 unspecified atom stereocenters. The Kier molecular flexibility index (Phi) is 5.84. The van der Waals surface area contributed by atoms with Gasteiger partial charge >= 0.3 is 0 Å². The van der Waals surface area contributed by atoms with E-state index < -0.39 is 0 Å². The summed E-state index contributed by atoms with van der Waals surface area (Å²) in [4.78, 5) is 12.2. The van der Waals surface area contributed by atoms with Crippen LogP contribution in [0.1, 0.15) is 66.7 Å². The molecule has 0 aromatic heterocycles. The van der Waals surface area contributed by atoms with Gasteiger partial charge in [-0.2, -0.15) is 0 Å². The van der Waals surface area contributed by atoms with E-state index in [0.717, 1.165) is 25.2 Å². The average molecular weight is 268 g/mol. The van der Waals surface area contributed by atoms with Crippen molar-refractivity contribution in [1.82, 2.24) is 5.32 Å². The van der Waals surface area contributed by atoms with Crippen LogP contribution in [0.4, 0.5) is 0 Å². The highest BCUT2D eigenvalue weighted by molar-refractivity contribution is 5.78.